The molecule has 0 bridgehead atoms. The highest BCUT2D eigenvalue weighted by Crippen LogP contribution is 2.06. The number of piperazine rings is 1. The molecule has 6 nitrogen and oxygen atoms in total. The SMILES string of the molecule is CCCNS(=O)(=O)N1CCN(CCCN)CC1. The Morgan fingerprint density at radius 3 is 2.41 bits per heavy atom. The normalized spacial score (nSPS) is 19.6. The van der Waals surface area contributed by atoms with Gasteiger partial charge in [-0.25, -0.2) is 4.72 Å². The molecule has 0 aromatic rings. The topological polar surface area (TPSA) is 78.7 Å². The number of rotatable bonds is 7. The second-order valence-electron chi connectivity index (χ2n) is 4.28. The van der Waals surface area contributed by atoms with Crippen molar-refractivity contribution >= 4 is 10.2 Å². The van der Waals surface area contributed by atoms with Gasteiger partial charge < -0.3 is 10.6 Å². The Morgan fingerprint density at radius 2 is 1.88 bits per heavy atom. The molecule has 1 rings (SSSR count). The molecule has 0 saturated carbocycles. The van der Waals surface area contributed by atoms with E-state index in [2.05, 4.69) is 9.62 Å². The van der Waals surface area contributed by atoms with Crippen LogP contribution in [0.15, 0.2) is 0 Å². The second-order valence-corrected chi connectivity index (χ2v) is 6.04. The average molecular weight is 264 g/mol. The van der Waals surface area contributed by atoms with E-state index >= 15 is 0 Å². The maximum atomic E-state index is 11.8. The van der Waals surface area contributed by atoms with Crippen LogP contribution in [0.3, 0.4) is 0 Å². The quantitative estimate of drug-likeness (QED) is 0.631. The van der Waals surface area contributed by atoms with Crippen molar-refractivity contribution in [3.8, 4) is 0 Å². The molecule has 3 N–H and O–H groups in total. The van der Waals surface area contributed by atoms with Crippen LogP contribution >= 0.6 is 0 Å². The summed E-state index contributed by atoms with van der Waals surface area (Å²) in [6, 6.07) is 0. The molecule has 17 heavy (non-hydrogen) atoms. The largest absolute Gasteiger partial charge is 0.330 e. The van der Waals surface area contributed by atoms with Gasteiger partial charge in [-0.3, -0.25) is 0 Å². The van der Waals surface area contributed by atoms with Crippen LogP contribution < -0.4 is 10.5 Å². The van der Waals surface area contributed by atoms with Gasteiger partial charge >= 0.3 is 0 Å². The Hall–Kier alpha value is -0.210. The van der Waals surface area contributed by atoms with E-state index in [1.54, 1.807) is 0 Å². The van der Waals surface area contributed by atoms with E-state index in [1.165, 1.54) is 4.31 Å². The monoisotopic (exact) mass is 264 g/mol. The van der Waals surface area contributed by atoms with Crippen molar-refractivity contribution in [2.75, 3.05) is 45.8 Å². The molecule has 0 radical (unpaired) electrons. The zero-order chi connectivity index (χ0) is 12.7. The van der Waals surface area contributed by atoms with E-state index in [4.69, 9.17) is 5.73 Å². The molecule has 0 aromatic heterocycles. The highest BCUT2D eigenvalue weighted by atomic mass is 32.2. The molecule has 0 aliphatic carbocycles. The highest BCUT2D eigenvalue weighted by molar-refractivity contribution is 7.87. The summed E-state index contributed by atoms with van der Waals surface area (Å²) in [6.07, 6.45) is 1.79. The Bertz CT molecular complexity index is 299. The first kappa shape index (κ1) is 14.8. The number of nitrogens with two attached hydrogens (primary N) is 1. The molecule has 1 aliphatic rings. The molecule has 1 aliphatic heterocycles. The van der Waals surface area contributed by atoms with Crippen LogP contribution in [0.4, 0.5) is 0 Å². The number of hydrogen-bond donors (Lipinski definition) is 2. The van der Waals surface area contributed by atoms with Crippen molar-refractivity contribution in [2.24, 2.45) is 5.73 Å². The number of hydrogen-bond acceptors (Lipinski definition) is 4. The molecule has 0 atom stereocenters. The van der Waals surface area contributed by atoms with Crippen molar-refractivity contribution in [1.82, 2.24) is 13.9 Å². The first-order valence-electron chi connectivity index (χ1n) is 6.27. The van der Waals surface area contributed by atoms with Gasteiger partial charge in [-0.05, 0) is 25.9 Å². The zero-order valence-corrected chi connectivity index (χ0v) is 11.4. The summed E-state index contributed by atoms with van der Waals surface area (Å²) in [6.45, 7) is 6.86. The first-order valence-corrected chi connectivity index (χ1v) is 7.71. The van der Waals surface area contributed by atoms with Gasteiger partial charge in [0, 0.05) is 32.7 Å². The van der Waals surface area contributed by atoms with E-state index in [0.29, 0.717) is 26.2 Å². The van der Waals surface area contributed by atoms with Crippen LogP contribution in [0, 0.1) is 0 Å². The Kier molecular flexibility index (Phi) is 6.35. The minimum absolute atomic E-state index is 0.510. The van der Waals surface area contributed by atoms with Crippen molar-refractivity contribution in [2.45, 2.75) is 19.8 Å². The lowest BCUT2D eigenvalue weighted by molar-refractivity contribution is 0.186. The zero-order valence-electron chi connectivity index (χ0n) is 10.6. The van der Waals surface area contributed by atoms with Crippen LogP contribution in [0.25, 0.3) is 0 Å². The van der Waals surface area contributed by atoms with Gasteiger partial charge in [0.25, 0.3) is 10.2 Å². The summed E-state index contributed by atoms with van der Waals surface area (Å²) in [7, 11) is -3.26. The van der Waals surface area contributed by atoms with E-state index in [0.717, 1.165) is 32.5 Å². The van der Waals surface area contributed by atoms with Gasteiger partial charge in [-0.15, -0.1) is 0 Å². The van der Waals surface area contributed by atoms with Crippen LogP contribution in [0.2, 0.25) is 0 Å². The fourth-order valence-electron chi connectivity index (χ4n) is 1.83. The summed E-state index contributed by atoms with van der Waals surface area (Å²) in [5, 5.41) is 0. The van der Waals surface area contributed by atoms with E-state index in [1.807, 2.05) is 6.92 Å². The van der Waals surface area contributed by atoms with Gasteiger partial charge in [0.1, 0.15) is 0 Å². The smallest absolute Gasteiger partial charge is 0.279 e. The third-order valence-corrected chi connectivity index (χ3v) is 4.50. The average Bonchev–Trinajstić information content (AvgIpc) is 2.34. The predicted molar refractivity (Wildman–Crippen MR) is 68.9 cm³/mol. The van der Waals surface area contributed by atoms with Crippen molar-refractivity contribution < 1.29 is 8.42 Å². The lowest BCUT2D eigenvalue weighted by Gasteiger charge is -2.33. The van der Waals surface area contributed by atoms with Crippen molar-refractivity contribution in [3.63, 3.8) is 0 Å². The van der Waals surface area contributed by atoms with Crippen LogP contribution in [-0.2, 0) is 10.2 Å². The second kappa shape index (κ2) is 7.27. The molecule has 1 saturated heterocycles. The molecule has 0 amide bonds. The molecule has 102 valence electrons. The lowest BCUT2D eigenvalue weighted by atomic mass is 10.3. The van der Waals surface area contributed by atoms with Crippen LogP contribution in [0.5, 0.6) is 0 Å². The maximum Gasteiger partial charge on any atom is 0.279 e. The molecule has 1 heterocycles. The lowest BCUT2D eigenvalue weighted by Crippen LogP contribution is -2.52. The standard InChI is InChI=1S/C10H24N4O2S/c1-2-5-12-17(15,16)14-9-7-13(8-10-14)6-3-4-11/h12H,2-11H2,1H3. The molecule has 0 spiro atoms. The van der Waals surface area contributed by atoms with Gasteiger partial charge in [0.15, 0.2) is 0 Å². The Morgan fingerprint density at radius 1 is 1.24 bits per heavy atom. The van der Waals surface area contributed by atoms with E-state index in [-0.39, 0.29) is 0 Å². The predicted octanol–water partition coefficient (Wildman–Crippen LogP) is -0.803. The molecular formula is C10H24N4O2S. The van der Waals surface area contributed by atoms with Gasteiger partial charge in [-0.1, -0.05) is 6.92 Å². The van der Waals surface area contributed by atoms with Gasteiger partial charge in [0.05, 0.1) is 0 Å². The minimum atomic E-state index is -3.26. The fourth-order valence-corrected chi connectivity index (χ4v) is 3.12. The third kappa shape index (κ3) is 4.89. The molecular weight excluding hydrogens is 240 g/mol. The summed E-state index contributed by atoms with van der Waals surface area (Å²) in [5.74, 6) is 0. The van der Waals surface area contributed by atoms with E-state index in [9.17, 15) is 8.42 Å². The van der Waals surface area contributed by atoms with Gasteiger partial charge in [0.2, 0.25) is 0 Å². The summed E-state index contributed by atoms with van der Waals surface area (Å²) in [4.78, 5) is 2.26. The van der Waals surface area contributed by atoms with E-state index < -0.39 is 10.2 Å². The number of nitrogens with one attached hydrogen (secondary N) is 1. The third-order valence-electron chi connectivity index (χ3n) is 2.88. The highest BCUT2D eigenvalue weighted by Gasteiger charge is 2.25. The number of nitrogens with zero attached hydrogens (tertiary/aromatic N) is 2. The molecule has 0 aromatic carbocycles. The summed E-state index contributed by atoms with van der Waals surface area (Å²) in [5.41, 5.74) is 5.45. The Labute approximate surface area is 104 Å². The van der Waals surface area contributed by atoms with Crippen LogP contribution in [-0.4, -0.2) is 63.4 Å². The molecule has 1 fully saturated rings. The van der Waals surface area contributed by atoms with Crippen LogP contribution in [0.1, 0.15) is 19.8 Å². The minimum Gasteiger partial charge on any atom is -0.330 e. The summed E-state index contributed by atoms with van der Waals surface area (Å²) < 4.78 is 27.8. The fraction of sp³-hybridized carbons (Fsp3) is 1.00. The molecule has 7 heteroatoms. The van der Waals surface area contributed by atoms with Gasteiger partial charge in [-0.2, -0.15) is 12.7 Å². The Balaban J connectivity index is 2.35. The maximum absolute atomic E-state index is 11.8. The first-order chi connectivity index (χ1) is 8.10. The van der Waals surface area contributed by atoms with Crippen molar-refractivity contribution in [1.29, 1.82) is 0 Å². The molecule has 0 unspecified atom stereocenters. The van der Waals surface area contributed by atoms with Crippen molar-refractivity contribution in [3.05, 3.63) is 0 Å². The summed E-state index contributed by atoms with van der Waals surface area (Å²) >= 11 is 0.